The lowest BCUT2D eigenvalue weighted by molar-refractivity contribution is 0.0950. The number of carbonyl (C=O) groups excluding carboxylic acids is 1. The summed E-state index contributed by atoms with van der Waals surface area (Å²) < 4.78 is 1.57. The van der Waals surface area contributed by atoms with Gasteiger partial charge in [-0.1, -0.05) is 40.2 Å². The van der Waals surface area contributed by atoms with Crippen molar-refractivity contribution in [3.8, 4) is 5.69 Å². The fourth-order valence-corrected chi connectivity index (χ4v) is 4.07. The average Bonchev–Trinajstić information content (AvgIpc) is 3.02. The SMILES string of the molecule is CCNC(=O)c1nnn(-c2cc(Cl)cc(Cl)c2)c1CSc1nc(C)cc(C)n1. The molecular formula is C18H18Cl2N6OS. The molecule has 0 radical (unpaired) electrons. The van der Waals surface area contributed by atoms with Crippen LogP contribution in [-0.4, -0.2) is 37.4 Å². The second-order valence-corrected chi connectivity index (χ2v) is 7.82. The molecule has 146 valence electrons. The maximum absolute atomic E-state index is 12.4. The van der Waals surface area contributed by atoms with Gasteiger partial charge in [-0.15, -0.1) is 5.10 Å². The highest BCUT2D eigenvalue weighted by molar-refractivity contribution is 7.98. The fourth-order valence-electron chi connectivity index (χ4n) is 2.61. The average molecular weight is 437 g/mol. The van der Waals surface area contributed by atoms with Gasteiger partial charge < -0.3 is 5.32 Å². The zero-order chi connectivity index (χ0) is 20.3. The molecule has 0 atom stereocenters. The van der Waals surface area contributed by atoms with Crippen LogP contribution < -0.4 is 5.32 Å². The van der Waals surface area contributed by atoms with Gasteiger partial charge in [-0.25, -0.2) is 14.6 Å². The molecule has 0 unspecified atom stereocenters. The van der Waals surface area contributed by atoms with Crippen molar-refractivity contribution in [3.05, 3.63) is 57.1 Å². The highest BCUT2D eigenvalue weighted by Gasteiger charge is 2.21. The number of amides is 1. The van der Waals surface area contributed by atoms with E-state index in [2.05, 4.69) is 25.6 Å². The number of carbonyl (C=O) groups is 1. The molecule has 0 spiro atoms. The van der Waals surface area contributed by atoms with Gasteiger partial charge in [0.1, 0.15) is 0 Å². The summed E-state index contributed by atoms with van der Waals surface area (Å²) in [6.07, 6.45) is 0. The van der Waals surface area contributed by atoms with Crippen molar-refractivity contribution >= 4 is 40.9 Å². The normalized spacial score (nSPS) is 10.9. The summed E-state index contributed by atoms with van der Waals surface area (Å²) in [5.41, 5.74) is 3.24. The topological polar surface area (TPSA) is 85.6 Å². The Hall–Kier alpha value is -2.16. The van der Waals surface area contributed by atoms with E-state index in [4.69, 9.17) is 23.2 Å². The van der Waals surface area contributed by atoms with E-state index in [1.807, 2.05) is 26.8 Å². The summed E-state index contributed by atoms with van der Waals surface area (Å²) in [5.74, 6) is 0.103. The second-order valence-electron chi connectivity index (χ2n) is 6.01. The largest absolute Gasteiger partial charge is 0.351 e. The van der Waals surface area contributed by atoms with Crippen molar-refractivity contribution in [3.63, 3.8) is 0 Å². The van der Waals surface area contributed by atoms with Crippen LogP contribution in [-0.2, 0) is 5.75 Å². The summed E-state index contributed by atoms with van der Waals surface area (Å²) >= 11 is 13.7. The van der Waals surface area contributed by atoms with Crippen LogP contribution in [0.15, 0.2) is 29.4 Å². The highest BCUT2D eigenvalue weighted by atomic mass is 35.5. The van der Waals surface area contributed by atoms with E-state index in [-0.39, 0.29) is 11.6 Å². The zero-order valence-corrected chi connectivity index (χ0v) is 17.9. The Morgan fingerprint density at radius 1 is 1.11 bits per heavy atom. The molecule has 28 heavy (non-hydrogen) atoms. The first-order valence-electron chi connectivity index (χ1n) is 8.51. The second kappa shape index (κ2) is 8.89. The van der Waals surface area contributed by atoms with Crippen LogP contribution in [0.3, 0.4) is 0 Å². The van der Waals surface area contributed by atoms with Crippen LogP contribution >= 0.6 is 35.0 Å². The van der Waals surface area contributed by atoms with E-state index in [9.17, 15) is 4.79 Å². The van der Waals surface area contributed by atoms with Crippen LogP contribution in [0, 0.1) is 13.8 Å². The lowest BCUT2D eigenvalue weighted by Gasteiger charge is -2.09. The maximum atomic E-state index is 12.4. The molecule has 3 aromatic rings. The van der Waals surface area contributed by atoms with Gasteiger partial charge in [-0.2, -0.15) is 0 Å². The van der Waals surface area contributed by atoms with Crippen molar-refractivity contribution in [1.82, 2.24) is 30.3 Å². The molecule has 0 aliphatic rings. The standard InChI is InChI=1S/C18H18Cl2N6OS/c1-4-21-17(27)16-15(9-28-18-22-10(2)5-11(3)23-18)26(25-24-16)14-7-12(19)6-13(20)8-14/h5-8H,4,9H2,1-3H3,(H,21,27). The molecule has 2 heterocycles. The Kier molecular flexibility index (Phi) is 6.53. The predicted octanol–water partition coefficient (Wildman–Crippen LogP) is 4.02. The van der Waals surface area contributed by atoms with E-state index < -0.39 is 0 Å². The molecule has 0 fully saturated rings. The number of rotatable bonds is 6. The number of nitrogens with zero attached hydrogens (tertiary/aromatic N) is 5. The Morgan fingerprint density at radius 2 is 1.75 bits per heavy atom. The quantitative estimate of drug-likeness (QED) is 0.463. The van der Waals surface area contributed by atoms with E-state index in [0.717, 1.165) is 11.4 Å². The zero-order valence-electron chi connectivity index (χ0n) is 15.5. The van der Waals surface area contributed by atoms with E-state index >= 15 is 0 Å². The number of thioether (sulfide) groups is 1. The summed E-state index contributed by atoms with van der Waals surface area (Å²) in [6.45, 7) is 6.16. The van der Waals surface area contributed by atoms with Crippen LogP contribution in [0.2, 0.25) is 10.0 Å². The number of hydrogen-bond acceptors (Lipinski definition) is 6. The molecule has 1 amide bonds. The van der Waals surface area contributed by atoms with Gasteiger partial charge in [-0.3, -0.25) is 4.79 Å². The lowest BCUT2D eigenvalue weighted by atomic mass is 10.3. The Morgan fingerprint density at radius 3 is 2.36 bits per heavy atom. The fraction of sp³-hybridized carbons (Fsp3) is 0.278. The van der Waals surface area contributed by atoms with Crippen molar-refractivity contribution < 1.29 is 4.79 Å². The van der Waals surface area contributed by atoms with Gasteiger partial charge in [0.2, 0.25) is 0 Å². The summed E-state index contributed by atoms with van der Waals surface area (Å²) in [5, 5.41) is 12.5. The van der Waals surface area contributed by atoms with E-state index in [0.29, 0.717) is 38.9 Å². The molecule has 0 aliphatic heterocycles. The van der Waals surface area contributed by atoms with Crippen LogP contribution in [0.5, 0.6) is 0 Å². The molecule has 0 bridgehead atoms. The van der Waals surface area contributed by atoms with Crippen LogP contribution in [0.25, 0.3) is 5.69 Å². The summed E-state index contributed by atoms with van der Waals surface area (Å²) in [4.78, 5) is 21.3. The Bertz CT molecular complexity index is 983. The Balaban J connectivity index is 2.00. The summed E-state index contributed by atoms with van der Waals surface area (Å²) in [7, 11) is 0. The number of aryl methyl sites for hydroxylation is 2. The molecule has 2 aromatic heterocycles. The first-order chi connectivity index (χ1) is 13.4. The first kappa shape index (κ1) is 20.6. The number of nitrogens with one attached hydrogen (secondary N) is 1. The molecule has 1 aromatic carbocycles. The van der Waals surface area contributed by atoms with Gasteiger partial charge in [0.15, 0.2) is 10.9 Å². The molecule has 0 saturated carbocycles. The third-order valence-electron chi connectivity index (χ3n) is 3.71. The number of hydrogen-bond donors (Lipinski definition) is 1. The summed E-state index contributed by atoms with van der Waals surface area (Å²) in [6, 6.07) is 6.96. The van der Waals surface area contributed by atoms with Gasteiger partial charge in [0, 0.05) is 33.7 Å². The van der Waals surface area contributed by atoms with Crippen molar-refractivity contribution in [2.45, 2.75) is 31.7 Å². The van der Waals surface area contributed by atoms with Crippen LogP contribution in [0.1, 0.15) is 34.5 Å². The van der Waals surface area contributed by atoms with E-state index in [1.165, 1.54) is 11.8 Å². The molecule has 0 saturated heterocycles. The number of benzene rings is 1. The molecule has 0 aliphatic carbocycles. The first-order valence-corrected chi connectivity index (χ1v) is 10.3. The maximum Gasteiger partial charge on any atom is 0.273 e. The van der Waals surface area contributed by atoms with Crippen molar-refractivity contribution in [2.75, 3.05) is 6.54 Å². The Labute approximate surface area is 176 Å². The molecule has 1 N–H and O–H groups in total. The smallest absolute Gasteiger partial charge is 0.273 e. The molecule has 7 nitrogen and oxygen atoms in total. The highest BCUT2D eigenvalue weighted by Crippen LogP contribution is 2.26. The van der Waals surface area contributed by atoms with Gasteiger partial charge in [0.05, 0.1) is 11.4 Å². The minimum Gasteiger partial charge on any atom is -0.351 e. The monoisotopic (exact) mass is 436 g/mol. The van der Waals surface area contributed by atoms with Crippen molar-refractivity contribution in [2.24, 2.45) is 0 Å². The van der Waals surface area contributed by atoms with Crippen LogP contribution in [0.4, 0.5) is 0 Å². The van der Waals surface area contributed by atoms with Gasteiger partial charge in [-0.05, 0) is 45.0 Å². The van der Waals surface area contributed by atoms with E-state index in [1.54, 1.807) is 22.9 Å². The minimum absolute atomic E-state index is 0.245. The number of halogens is 2. The minimum atomic E-state index is -0.293. The van der Waals surface area contributed by atoms with Crippen molar-refractivity contribution in [1.29, 1.82) is 0 Å². The molecule has 3 rings (SSSR count). The third kappa shape index (κ3) is 4.81. The molecule has 10 heteroatoms. The molecular weight excluding hydrogens is 419 g/mol. The lowest BCUT2D eigenvalue weighted by Crippen LogP contribution is -2.24. The number of aromatic nitrogens is 5. The predicted molar refractivity (Wildman–Crippen MR) is 110 cm³/mol. The van der Waals surface area contributed by atoms with Gasteiger partial charge >= 0.3 is 0 Å². The van der Waals surface area contributed by atoms with Gasteiger partial charge in [0.25, 0.3) is 5.91 Å². The third-order valence-corrected chi connectivity index (χ3v) is 5.00.